The minimum Gasteiger partial charge on any atom is -0.491 e. The third kappa shape index (κ3) is 13.1. The maximum Gasteiger partial charge on any atom is 0.119 e. The fraction of sp³-hybridized carbons (Fsp3) is 0.241. The number of methoxy groups -OCH3 is 2. The van der Waals surface area contributed by atoms with Gasteiger partial charge in [-0.2, -0.15) is 0 Å². The highest BCUT2D eigenvalue weighted by Gasteiger charge is 2.20. The smallest absolute Gasteiger partial charge is 0.119 e. The van der Waals surface area contributed by atoms with Crippen molar-refractivity contribution in [2.24, 2.45) is 0 Å². The molecule has 14 heteroatoms. The molecule has 0 saturated carbocycles. The molecule has 0 spiro atoms. The van der Waals surface area contributed by atoms with Gasteiger partial charge in [-0.1, -0.05) is 48.5 Å². The summed E-state index contributed by atoms with van der Waals surface area (Å²) in [4.78, 5) is 18.7. The van der Waals surface area contributed by atoms with Gasteiger partial charge in [-0.3, -0.25) is 0 Å². The molecule has 8 bridgehead atoms. The molecule has 0 aliphatic carbocycles. The summed E-state index contributed by atoms with van der Waals surface area (Å²) < 4.78 is 47.0. The Morgan fingerprint density at radius 2 is 0.681 bits per heavy atom. The summed E-state index contributed by atoms with van der Waals surface area (Å²) in [6.07, 6.45) is 8.46. The largest absolute Gasteiger partial charge is 0.491 e. The number of benzene rings is 4. The molecule has 0 atom stereocenters. The van der Waals surface area contributed by atoms with Gasteiger partial charge in [0.25, 0.3) is 0 Å². The Balaban J connectivity index is 1.14. The van der Waals surface area contributed by atoms with Crippen LogP contribution in [0.2, 0.25) is 0 Å². The van der Waals surface area contributed by atoms with Crippen molar-refractivity contribution in [2.75, 3.05) is 93.5 Å². The number of ether oxygens (including phenoxy) is 8. The number of hydrogen-bond donors (Lipinski definition) is 2. The molecule has 0 saturated heterocycles. The predicted molar refractivity (Wildman–Crippen MR) is 304 cm³/mol. The molecule has 4 aromatic carbocycles. The maximum absolute atomic E-state index is 6.10. The van der Waals surface area contributed by atoms with Gasteiger partial charge in [0.1, 0.15) is 24.7 Å². The van der Waals surface area contributed by atoms with Gasteiger partial charge in [0.15, 0.2) is 0 Å². The quantitative estimate of drug-likeness (QED) is 0.0445. The van der Waals surface area contributed by atoms with Crippen LogP contribution in [0.15, 0.2) is 121 Å². The lowest BCUT2D eigenvalue weighted by Gasteiger charge is -2.10. The number of rotatable bonds is 24. The van der Waals surface area contributed by atoms with Crippen molar-refractivity contribution in [2.45, 2.75) is 0 Å². The first-order valence-electron chi connectivity index (χ1n) is 23.9. The van der Waals surface area contributed by atoms with Crippen molar-refractivity contribution < 1.29 is 37.9 Å². The summed E-state index contributed by atoms with van der Waals surface area (Å²) in [5.41, 5.74) is 14.9. The first-order valence-corrected chi connectivity index (χ1v) is 26.0. The van der Waals surface area contributed by atoms with E-state index in [0.29, 0.717) is 79.3 Å². The van der Waals surface area contributed by atoms with Crippen molar-refractivity contribution in [3.8, 4) is 56.0 Å². The molecule has 12 nitrogen and oxygen atoms in total. The molecular weight excluding hydrogens is 1130 g/mol. The number of H-pyrrole nitrogens is 2. The highest BCUT2D eigenvalue weighted by atomic mass is 127. The predicted octanol–water partition coefficient (Wildman–Crippen LogP) is 12.6. The molecule has 7 aromatic rings. The lowest BCUT2D eigenvalue weighted by Crippen LogP contribution is -2.12. The van der Waals surface area contributed by atoms with Crippen LogP contribution in [-0.4, -0.2) is 113 Å². The zero-order valence-electron chi connectivity index (χ0n) is 40.3. The monoisotopic (exact) mass is 1190 g/mol. The Morgan fingerprint density at radius 1 is 0.361 bits per heavy atom. The Labute approximate surface area is 447 Å². The summed E-state index contributed by atoms with van der Waals surface area (Å²) in [5, 5.41) is 0. The van der Waals surface area contributed by atoms with Gasteiger partial charge in [-0.15, -0.1) is 0 Å². The van der Waals surface area contributed by atoms with Gasteiger partial charge >= 0.3 is 0 Å². The molecule has 0 unspecified atom stereocenters. The summed E-state index contributed by atoms with van der Waals surface area (Å²) in [6, 6.07) is 42.0. The second-order valence-corrected chi connectivity index (χ2v) is 19.2. The lowest BCUT2D eigenvalue weighted by molar-refractivity contribution is 0.0180. The first-order chi connectivity index (χ1) is 35.4. The second-order valence-electron chi connectivity index (χ2n) is 16.7. The lowest BCUT2D eigenvalue weighted by atomic mass is 10.0. The minimum atomic E-state index is 0.415. The van der Waals surface area contributed by atoms with Crippen molar-refractivity contribution >= 4 is 91.6 Å². The molecule has 9 rings (SSSR count). The second kappa shape index (κ2) is 25.8. The van der Waals surface area contributed by atoms with Crippen LogP contribution in [0.5, 0.6) is 11.5 Å². The van der Waals surface area contributed by atoms with E-state index < -0.39 is 0 Å². The molecule has 72 heavy (non-hydrogen) atoms. The number of hydrogen-bond acceptors (Lipinski definition) is 10. The SMILES string of the molecule is COCCOCCOCCOc1ccc(-c2c3nc(c(-c4cccc(I)c4)c4ccc([nH]4)c(-c4ccc(OCCOCCOCCOC)cc4)c4nc(c(-c5cccc(I)c5)c5ccc2[nH]5)C=C4)C=C3)cc1. The summed E-state index contributed by atoms with van der Waals surface area (Å²) in [7, 11) is 3.32. The van der Waals surface area contributed by atoms with Gasteiger partial charge < -0.3 is 47.9 Å². The summed E-state index contributed by atoms with van der Waals surface area (Å²) in [6.45, 7) is 5.96. The average molecular weight is 1190 g/mol. The number of nitrogens with one attached hydrogen (secondary N) is 2. The normalized spacial score (nSPS) is 11.9. The van der Waals surface area contributed by atoms with Gasteiger partial charge in [-0.25, -0.2) is 9.97 Å². The molecule has 370 valence electrons. The van der Waals surface area contributed by atoms with E-state index in [1.807, 2.05) is 24.3 Å². The van der Waals surface area contributed by atoms with Crippen molar-refractivity contribution in [3.63, 3.8) is 0 Å². The van der Waals surface area contributed by atoms with Crippen LogP contribution in [0, 0.1) is 7.14 Å². The van der Waals surface area contributed by atoms with E-state index in [2.05, 4.69) is 177 Å². The third-order valence-electron chi connectivity index (χ3n) is 11.9. The number of aromatic amines is 2. The number of nitrogens with zero attached hydrogens (tertiary/aromatic N) is 2. The number of aromatic nitrogens is 4. The number of fused-ring (bicyclic) bond motifs is 8. The topological polar surface area (TPSA) is 131 Å². The molecule has 2 aliphatic heterocycles. The Bertz CT molecular complexity index is 2960. The van der Waals surface area contributed by atoms with Gasteiger partial charge in [-0.05, 0) is 165 Å². The molecule has 2 aliphatic rings. The molecule has 0 fully saturated rings. The van der Waals surface area contributed by atoms with E-state index in [-0.39, 0.29) is 0 Å². The van der Waals surface area contributed by atoms with E-state index in [9.17, 15) is 0 Å². The van der Waals surface area contributed by atoms with E-state index in [0.717, 1.165) is 108 Å². The fourth-order valence-corrected chi connectivity index (χ4v) is 9.60. The zero-order valence-corrected chi connectivity index (χ0v) is 44.6. The fourth-order valence-electron chi connectivity index (χ4n) is 8.51. The molecule has 0 radical (unpaired) electrons. The Morgan fingerprint density at radius 3 is 1.01 bits per heavy atom. The molecule has 2 N–H and O–H groups in total. The van der Waals surface area contributed by atoms with E-state index in [4.69, 9.17) is 47.9 Å². The maximum atomic E-state index is 6.10. The van der Waals surface area contributed by atoms with E-state index in [1.54, 1.807) is 14.2 Å². The van der Waals surface area contributed by atoms with Crippen LogP contribution in [0.4, 0.5) is 0 Å². The Kier molecular flexibility index (Phi) is 18.3. The van der Waals surface area contributed by atoms with Crippen LogP contribution >= 0.6 is 45.2 Å². The first kappa shape index (κ1) is 51.2. The highest BCUT2D eigenvalue weighted by molar-refractivity contribution is 14.1. The van der Waals surface area contributed by atoms with Crippen LogP contribution in [-0.2, 0) is 28.4 Å². The number of halogens is 2. The van der Waals surface area contributed by atoms with E-state index >= 15 is 0 Å². The van der Waals surface area contributed by atoms with Gasteiger partial charge in [0.2, 0.25) is 0 Å². The Hall–Kier alpha value is -5.70. The standard InChI is InChI=1S/C58H56I2N4O8/c1-65-25-27-67-29-31-69-33-35-71-45-13-9-39(10-14-45)55-47-17-21-51(61-47)57(41-5-3-7-43(59)37-41)53-23-19-49(63-53)56(40-11-15-46(16-12-40)72-36-34-70-32-30-68-28-26-66-2)50-20-24-54(64-50)58(52-22-18-48(55)62-52)42-6-4-8-44(60)38-42/h3-24,37-38,61,64H,25-36H2,1-2H3. The van der Waals surface area contributed by atoms with Crippen molar-refractivity contribution in [3.05, 3.63) is 151 Å². The third-order valence-corrected chi connectivity index (χ3v) is 13.2. The van der Waals surface area contributed by atoms with Gasteiger partial charge in [0, 0.05) is 65.7 Å². The van der Waals surface area contributed by atoms with Gasteiger partial charge in [0.05, 0.1) is 88.8 Å². The van der Waals surface area contributed by atoms with Crippen LogP contribution in [0.25, 0.3) is 90.9 Å². The van der Waals surface area contributed by atoms with Crippen molar-refractivity contribution in [1.82, 2.24) is 19.9 Å². The van der Waals surface area contributed by atoms with Crippen LogP contribution in [0.1, 0.15) is 22.8 Å². The summed E-state index contributed by atoms with van der Waals surface area (Å²) in [5.74, 6) is 1.50. The molecule has 5 heterocycles. The molecule has 0 amide bonds. The molecule has 3 aromatic heterocycles. The minimum absolute atomic E-state index is 0.415. The van der Waals surface area contributed by atoms with Crippen LogP contribution < -0.4 is 9.47 Å². The summed E-state index contributed by atoms with van der Waals surface area (Å²) >= 11 is 4.76. The zero-order chi connectivity index (χ0) is 49.5. The molecular formula is C58H56I2N4O8. The van der Waals surface area contributed by atoms with Crippen molar-refractivity contribution in [1.29, 1.82) is 0 Å². The highest BCUT2D eigenvalue weighted by Crippen LogP contribution is 2.39. The van der Waals surface area contributed by atoms with E-state index in [1.165, 1.54) is 0 Å². The van der Waals surface area contributed by atoms with Crippen LogP contribution in [0.3, 0.4) is 0 Å². The average Bonchev–Trinajstić information content (AvgIpc) is 4.25.